The molecule has 0 aliphatic heterocycles. The van der Waals surface area contributed by atoms with Crippen LogP contribution in [-0.2, 0) is 9.53 Å². The molecular formula is C18H19BrN2O5. The maximum absolute atomic E-state index is 12.2. The number of hydrogen-bond acceptors (Lipinski definition) is 5. The molecule has 2 rings (SSSR count). The second-order valence-electron chi connectivity index (χ2n) is 6.41. The smallest absolute Gasteiger partial charge is 0.325 e. The predicted octanol–water partition coefficient (Wildman–Crippen LogP) is 3.37. The van der Waals surface area contributed by atoms with Crippen LogP contribution in [0.4, 0.5) is 5.69 Å². The molecule has 0 aliphatic carbocycles. The summed E-state index contributed by atoms with van der Waals surface area (Å²) in [6, 6.07) is 9.46. The Morgan fingerprint density at radius 2 is 1.85 bits per heavy atom. The second-order valence-corrected chi connectivity index (χ2v) is 7.19. The lowest BCUT2D eigenvalue weighted by atomic mass is 10.2. The molecule has 7 nitrogen and oxygen atoms in total. The Bertz CT molecular complexity index is 823. The van der Waals surface area contributed by atoms with Crippen LogP contribution < -0.4 is 10.6 Å². The number of esters is 1. The zero-order valence-electron chi connectivity index (χ0n) is 14.6. The minimum atomic E-state index is -0.618. The van der Waals surface area contributed by atoms with Crippen molar-refractivity contribution in [2.24, 2.45) is 0 Å². The molecule has 2 aromatic rings. The van der Waals surface area contributed by atoms with E-state index in [0.29, 0.717) is 15.9 Å². The van der Waals surface area contributed by atoms with E-state index in [2.05, 4.69) is 26.6 Å². The molecule has 0 spiro atoms. The van der Waals surface area contributed by atoms with Crippen molar-refractivity contribution in [1.29, 1.82) is 0 Å². The maximum Gasteiger partial charge on any atom is 0.325 e. The van der Waals surface area contributed by atoms with Gasteiger partial charge in [0.1, 0.15) is 12.1 Å². The lowest BCUT2D eigenvalue weighted by Gasteiger charge is -2.19. The predicted molar refractivity (Wildman–Crippen MR) is 99.0 cm³/mol. The lowest BCUT2D eigenvalue weighted by molar-refractivity contribution is -0.153. The highest BCUT2D eigenvalue weighted by Crippen LogP contribution is 2.17. The third kappa shape index (κ3) is 6.03. The molecule has 26 heavy (non-hydrogen) atoms. The number of anilines is 1. The van der Waals surface area contributed by atoms with Gasteiger partial charge in [0.05, 0.1) is 0 Å². The van der Waals surface area contributed by atoms with Gasteiger partial charge in [-0.05, 0) is 67.0 Å². The lowest BCUT2D eigenvalue weighted by Crippen LogP contribution is -2.34. The number of ether oxygens (including phenoxy) is 1. The summed E-state index contributed by atoms with van der Waals surface area (Å²) >= 11 is 3.13. The Hall–Kier alpha value is -2.61. The summed E-state index contributed by atoms with van der Waals surface area (Å²) in [5, 5.41) is 5.12. The van der Waals surface area contributed by atoms with Gasteiger partial charge in [0.15, 0.2) is 10.4 Å². The Balaban J connectivity index is 1.96. The zero-order valence-corrected chi connectivity index (χ0v) is 16.2. The molecule has 138 valence electrons. The summed E-state index contributed by atoms with van der Waals surface area (Å²) in [6.07, 6.45) is 0. The van der Waals surface area contributed by atoms with Gasteiger partial charge in [0.25, 0.3) is 11.8 Å². The molecule has 0 saturated carbocycles. The largest absolute Gasteiger partial charge is 0.459 e. The normalized spacial score (nSPS) is 10.9. The minimum absolute atomic E-state index is 0.136. The number of benzene rings is 1. The van der Waals surface area contributed by atoms with Crippen LogP contribution in [0.3, 0.4) is 0 Å². The molecule has 2 N–H and O–H groups in total. The molecule has 0 atom stereocenters. The first-order valence-corrected chi connectivity index (χ1v) is 8.60. The van der Waals surface area contributed by atoms with Crippen LogP contribution in [0.25, 0.3) is 0 Å². The van der Waals surface area contributed by atoms with E-state index in [9.17, 15) is 14.4 Å². The first kappa shape index (κ1) is 19.7. The van der Waals surface area contributed by atoms with Crippen LogP contribution in [0.5, 0.6) is 0 Å². The van der Waals surface area contributed by atoms with Crippen molar-refractivity contribution in [1.82, 2.24) is 5.32 Å². The number of rotatable bonds is 5. The molecule has 0 fully saturated rings. The Morgan fingerprint density at radius 1 is 1.12 bits per heavy atom. The third-order valence-corrected chi connectivity index (χ3v) is 3.42. The second kappa shape index (κ2) is 8.18. The highest BCUT2D eigenvalue weighted by atomic mass is 79.9. The summed E-state index contributed by atoms with van der Waals surface area (Å²) in [4.78, 5) is 35.9. The van der Waals surface area contributed by atoms with E-state index < -0.39 is 23.4 Å². The summed E-state index contributed by atoms with van der Waals surface area (Å²) < 4.78 is 10.7. The highest BCUT2D eigenvalue weighted by Gasteiger charge is 2.17. The van der Waals surface area contributed by atoms with Crippen molar-refractivity contribution < 1.29 is 23.5 Å². The van der Waals surface area contributed by atoms with E-state index in [1.54, 1.807) is 45.0 Å². The van der Waals surface area contributed by atoms with Crippen LogP contribution in [-0.4, -0.2) is 29.9 Å². The van der Waals surface area contributed by atoms with E-state index in [4.69, 9.17) is 9.15 Å². The van der Waals surface area contributed by atoms with Gasteiger partial charge in [-0.1, -0.05) is 6.07 Å². The van der Waals surface area contributed by atoms with Gasteiger partial charge in [-0.2, -0.15) is 0 Å². The van der Waals surface area contributed by atoms with Gasteiger partial charge in [-0.25, -0.2) is 0 Å². The fraction of sp³-hybridized carbons (Fsp3) is 0.278. The van der Waals surface area contributed by atoms with E-state index in [1.165, 1.54) is 12.1 Å². The fourth-order valence-corrected chi connectivity index (χ4v) is 2.31. The summed E-state index contributed by atoms with van der Waals surface area (Å²) in [5.74, 6) is -1.29. The van der Waals surface area contributed by atoms with Gasteiger partial charge in [0, 0.05) is 11.3 Å². The topological polar surface area (TPSA) is 97.6 Å². The van der Waals surface area contributed by atoms with E-state index in [1.807, 2.05) is 0 Å². The molecule has 0 radical (unpaired) electrons. The Labute approximate surface area is 159 Å². The SMILES string of the molecule is CC(C)(C)OC(=O)CNC(=O)c1cccc(NC(=O)c2ccc(Br)o2)c1. The van der Waals surface area contributed by atoms with Gasteiger partial charge in [0.2, 0.25) is 0 Å². The van der Waals surface area contributed by atoms with Crippen LogP contribution in [0.2, 0.25) is 0 Å². The van der Waals surface area contributed by atoms with Crippen molar-refractivity contribution in [3.63, 3.8) is 0 Å². The summed E-state index contributed by atoms with van der Waals surface area (Å²) in [7, 11) is 0. The molecule has 1 aromatic carbocycles. The van der Waals surface area contributed by atoms with Gasteiger partial charge >= 0.3 is 5.97 Å². The molecule has 1 heterocycles. The average Bonchev–Trinajstić information content (AvgIpc) is 2.98. The van der Waals surface area contributed by atoms with Crippen molar-refractivity contribution in [3.8, 4) is 0 Å². The van der Waals surface area contributed by atoms with Crippen LogP contribution >= 0.6 is 15.9 Å². The third-order valence-electron chi connectivity index (χ3n) is 2.99. The van der Waals surface area contributed by atoms with Crippen molar-refractivity contribution in [2.45, 2.75) is 26.4 Å². The van der Waals surface area contributed by atoms with Gasteiger partial charge in [-0.3, -0.25) is 14.4 Å². The summed E-state index contributed by atoms with van der Waals surface area (Å²) in [6.45, 7) is 5.00. The standard InChI is InChI=1S/C18H19BrN2O5/c1-18(2,3)26-15(22)10-20-16(23)11-5-4-6-12(9-11)21-17(24)13-7-8-14(19)25-13/h4-9H,10H2,1-3H3,(H,20,23)(H,21,24). The molecule has 2 amide bonds. The zero-order chi connectivity index (χ0) is 19.3. The number of hydrogen-bond donors (Lipinski definition) is 2. The van der Waals surface area contributed by atoms with E-state index in [-0.39, 0.29) is 12.3 Å². The monoisotopic (exact) mass is 422 g/mol. The molecule has 0 aliphatic rings. The highest BCUT2D eigenvalue weighted by molar-refractivity contribution is 9.10. The Kier molecular flexibility index (Phi) is 6.20. The van der Waals surface area contributed by atoms with Crippen molar-refractivity contribution >= 4 is 39.4 Å². The molecular weight excluding hydrogens is 404 g/mol. The molecule has 1 aromatic heterocycles. The number of amides is 2. The molecule has 0 bridgehead atoms. The molecule has 0 unspecified atom stereocenters. The Morgan fingerprint density at radius 3 is 2.46 bits per heavy atom. The fourth-order valence-electron chi connectivity index (χ4n) is 2.00. The van der Waals surface area contributed by atoms with E-state index >= 15 is 0 Å². The number of nitrogens with one attached hydrogen (secondary N) is 2. The minimum Gasteiger partial charge on any atom is -0.459 e. The number of furan rings is 1. The van der Waals surface area contributed by atoms with Crippen LogP contribution in [0.15, 0.2) is 45.5 Å². The maximum atomic E-state index is 12.2. The average molecular weight is 423 g/mol. The first-order chi connectivity index (χ1) is 12.1. The summed E-state index contributed by atoms with van der Waals surface area (Å²) in [5.41, 5.74) is 0.103. The molecule has 8 heteroatoms. The number of halogens is 1. The van der Waals surface area contributed by atoms with Crippen LogP contribution in [0, 0.1) is 0 Å². The van der Waals surface area contributed by atoms with Crippen LogP contribution in [0.1, 0.15) is 41.7 Å². The number of carbonyl (C=O) groups excluding carboxylic acids is 3. The van der Waals surface area contributed by atoms with E-state index in [0.717, 1.165) is 0 Å². The van der Waals surface area contributed by atoms with Gasteiger partial charge < -0.3 is 19.8 Å². The quantitative estimate of drug-likeness (QED) is 0.719. The molecule has 0 saturated heterocycles. The number of carbonyl (C=O) groups is 3. The van der Waals surface area contributed by atoms with Crippen molar-refractivity contribution in [2.75, 3.05) is 11.9 Å². The van der Waals surface area contributed by atoms with Crippen molar-refractivity contribution in [3.05, 3.63) is 52.4 Å². The first-order valence-electron chi connectivity index (χ1n) is 7.81. The van der Waals surface area contributed by atoms with Gasteiger partial charge in [-0.15, -0.1) is 0 Å².